The summed E-state index contributed by atoms with van der Waals surface area (Å²) >= 11 is 5.95. The number of nitrogens with one attached hydrogen (secondary N) is 1. The molecular weight excluding hydrogens is 364 g/mol. The first-order valence-electron chi connectivity index (χ1n) is 7.49. The van der Waals surface area contributed by atoms with Crippen molar-refractivity contribution in [3.8, 4) is 5.75 Å². The van der Waals surface area contributed by atoms with E-state index in [1.807, 2.05) is 0 Å². The Labute approximate surface area is 152 Å². The van der Waals surface area contributed by atoms with Gasteiger partial charge in [0.2, 0.25) is 0 Å². The van der Waals surface area contributed by atoms with E-state index in [2.05, 4.69) is 5.32 Å². The zero-order valence-electron chi connectivity index (χ0n) is 13.3. The van der Waals surface area contributed by atoms with Crippen molar-refractivity contribution in [3.63, 3.8) is 0 Å². The van der Waals surface area contributed by atoms with Gasteiger partial charge in [-0.1, -0.05) is 11.6 Å². The van der Waals surface area contributed by atoms with Gasteiger partial charge in [0.1, 0.15) is 23.9 Å². The molecule has 0 fully saturated rings. The Morgan fingerprint density at radius 2 is 2.08 bits per heavy atom. The van der Waals surface area contributed by atoms with Crippen LogP contribution in [0.25, 0.3) is 0 Å². The van der Waals surface area contributed by atoms with Crippen molar-refractivity contribution in [1.82, 2.24) is 5.32 Å². The highest BCUT2D eigenvalue weighted by Gasteiger charge is 2.14. The van der Waals surface area contributed by atoms with Crippen LogP contribution in [0, 0.1) is 10.1 Å². The average Bonchev–Trinajstić information content (AvgIpc) is 3.30. The predicted octanol–water partition coefficient (Wildman–Crippen LogP) is 3.94. The standard InChI is InChI=1S/C17H13ClN2O6/c18-14-8-11(20(22)23)3-5-15(14)25-10-13-4-6-16(26-13)17(21)19-9-12-2-1-7-24-12/h1-8H,9-10H2,(H,19,21). The number of hydrogen-bond acceptors (Lipinski definition) is 6. The Hall–Kier alpha value is -3.26. The molecule has 0 unspecified atom stereocenters. The molecule has 0 aliphatic rings. The number of amides is 1. The average molecular weight is 377 g/mol. The SMILES string of the molecule is O=C(NCc1ccco1)c1ccc(COc2ccc([N+](=O)[O-])cc2Cl)o1. The van der Waals surface area contributed by atoms with E-state index in [1.165, 1.54) is 30.5 Å². The molecule has 0 saturated carbocycles. The van der Waals surface area contributed by atoms with E-state index in [9.17, 15) is 14.9 Å². The summed E-state index contributed by atoms with van der Waals surface area (Å²) in [7, 11) is 0. The van der Waals surface area contributed by atoms with Crippen molar-refractivity contribution in [2.45, 2.75) is 13.2 Å². The summed E-state index contributed by atoms with van der Waals surface area (Å²) in [5.41, 5.74) is -0.129. The van der Waals surface area contributed by atoms with Gasteiger partial charge < -0.3 is 18.9 Å². The highest BCUT2D eigenvalue weighted by molar-refractivity contribution is 6.32. The topological polar surface area (TPSA) is 108 Å². The van der Waals surface area contributed by atoms with Gasteiger partial charge in [0.05, 0.1) is 22.8 Å². The van der Waals surface area contributed by atoms with E-state index in [4.69, 9.17) is 25.2 Å². The molecule has 0 aliphatic carbocycles. The van der Waals surface area contributed by atoms with Crippen molar-refractivity contribution in [2.75, 3.05) is 0 Å². The highest BCUT2D eigenvalue weighted by Crippen LogP contribution is 2.29. The Morgan fingerprint density at radius 3 is 2.77 bits per heavy atom. The zero-order chi connectivity index (χ0) is 18.5. The maximum atomic E-state index is 12.0. The summed E-state index contributed by atoms with van der Waals surface area (Å²) in [6, 6.07) is 10.5. The fourth-order valence-electron chi connectivity index (χ4n) is 2.11. The van der Waals surface area contributed by atoms with Crippen molar-refractivity contribution in [1.29, 1.82) is 0 Å². The number of rotatable bonds is 7. The molecule has 26 heavy (non-hydrogen) atoms. The fraction of sp³-hybridized carbons (Fsp3) is 0.118. The second kappa shape index (κ2) is 7.75. The zero-order valence-corrected chi connectivity index (χ0v) is 14.1. The molecule has 0 aliphatic heterocycles. The molecule has 1 aromatic carbocycles. The first-order chi connectivity index (χ1) is 12.5. The molecule has 0 saturated heterocycles. The molecule has 2 heterocycles. The van der Waals surface area contributed by atoms with Gasteiger partial charge in [-0.25, -0.2) is 0 Å². The molecule has 2 aromatic heterocycles. The van der Waals surface area contributed by atoms with Crippen LogP contribution in [-0.4, -0.2) is 10.8 Å². The minimum absolute atomic E-state index is 0.0169. The number of nitrogens with zero attached hydrogens (tertiary/aromatic N) is 1. The number of carbonyl (C=O) groups is 1. The molecule has 8 nitrogen and oxygen atoms in total. The molecule has 1 amide bonds. The van der Waals surface area contributed by atoms with Gasteiger partial charge >= 0.3 is 0 Å². The molecule has 3 aromatic rings. The number of carbonyl (C=O) groups excluding carboxylic acids is 1. The van der Waals surface area contributed by atoms with Gasteiger partial charge in [-0.2, -0.15) is 0 Å². The van der Waals surface area contributed by atoms with Crippen LogP contribution < -0.4 is 10.1 Å². The monoisotopic (exact) mass is 376 g/mol. The Balaban J connectivity index is 1.56. The summed E-state index contributed by atoms with van der Waals surface area (Å²) in [5, 5.41) is 13.5. The van der Waals surface area contributed by atoms with Gasteiger partial charge in [0.25, 0.3) is 11.6 Å². The number of hydrogen-bond donors (Lipinski definition) is 1. The lowest BCUT2D eigenvalue weighted by atomic mass is 10.3. The van der Waals surface area contributed by atoms with Crippen LogP contribution in [0.1, 0.15) is 22.1 Å². The Bertz CT molecular complexity index is 919. The second-order valence-electron chi connectivity index (χ2n) is 5.19. The van der Waals surface area contributed by atoms with Gasteiger partial charge in [0, 0.05) is 12.1 Å². The van der Waals surface area contributed by atoms with E-state index in [0.29, 0.717) is 11.5 Å². The summed E-state index contributed by atoms with van der Waals surface area (Å²) < 4.78 is 16.0. The largest absolute Gasteiger partial charge is 0.484 e. The van der Waals surface area contributed by atoms with E-state index in [1.54, 1.807) is 18.2 Å². The number of benzene rings is 1. The molecule has 0 bridgehead atoms. The summed E-state index contributed by atoms with van der Waals surface area (Å²) in [4.78, 5) is 22.2. The van der Waals surface area contributed by atoms with Gasteiger partial charge in [-0.3, -0.25) is 14.9 Å². The van der Waals surface area contributed by atoms with Crippen LogP contribution in [0.5, 0.6) is 5.75 Å². The first-order valence-corrected chi connectivity index (χ1v) is 7.87. The summed E-state index contributed by atoms with van der Waals surface area (Å²) in [5.74, 6) is 1.05. The maximum absolute atomic E-state index is 12.0. The number of nitro benzene ring substituents is 1. The fourth-order valence-corrected chi connectivity index (χ4v) is 2.34. The summed E-state index contributed by atoms with van der Waals surface area (Å²) in [6.07, 6.45) is 1.52. The smallest absolute Gasteiger partial charge is 0.287 e. The number of non-ortho nitro benzene ring substituents is 1. The predicted molar refractivity (Wildman–Crippen MR) is 91.0 cm³/mol. The van der Waals surface area contributed by atoms with Crippen LogP contribution in [0.2, 0.25) is 5.02 Å². The van der Waals surface area contributed by atoms with E-state index < -0.39 is 4.92 Å². The Kier molecular flexibility index (Phi) is 5.23. The van der Waals surface area contributed by atoms with E-state index >= 15 is 0 Å². The number of halogens is 1. The number of nitro groups is 1. The van der Waals surface area contributed by atoms with E-state index in [-0.39, 0.29) is 41.3 Å². The lowest BCUT2D eigenvalue weighted by Crippen LogP contribution is -2.21. The van der Waals surface area contributed by atoms with Crippen LogP contribution in [0.15, 0.2) is 57.6 Å². The quantitative estimate of drug-likeness (QED) is 0.494. The number of ether oxygens (including phenoxy) is 1. The van der Waals surface area contributed by atoms with Crippen molar-refractivity contribution < 1.29 is 23.3 Å². The second-order valence-corrected chi connectivity index (χ2v) is 5.60. The normalized spacial score (nSPS) is 10.5. The molecule has 0 atom stereocenters. The number of furan rings is 2. The third-order valence-electron chi connectivity index (χ3n) is 3.38. The molecule has 0 spiro atoms. The minimum atomic E-state index is -0.546. The molecule has 3 rings (SSSR count). The molecular formula is C17H13ClN2O6. The highest BCUT2D eigenvalue weighted by atomic mass is 35.5. The van der Waals surface area contributed by atoms with Crippen LogP contribution in [-0.2, 0) is 13.2 Å². The van der Waals surface area contributed by atoms with Crippen molar-refractivity contribution in [2.24, 2.45) is 0 Å². The Morgan fingerprint density at radius 1 is 1.23 bits per heavy atom. The molecule has 0 radical (unpaired) electrons. The molecule has 1 N–H and O–H groups in total. The van der Waals surface area contributed by atoms with Crippen LogP contribution in [0.4, 0.5) is 5.69 Å². The molecule has 134 valence electrons. The lowest BCUT2D eigenvalue weighted by Gasteiger charge is -2.06. The van der Waals surface area contributed by atoms with Crippen LogP contribution >= 0.6 is 11.6 Å². The van der Waals surface area contributed by atoms with Gasteiger partial charge in [-0.05, 0) is 30.3 Å². The lowest BCUT2D eigenvalue weighted by molar-refractivity contribution is -0.384. The first kappa shape index (κ1) is 17.6. The van der Waals surface area contributed by atoms with Crippen molar-refractivity contribution in [3.05, 3.63) is 81.1 Å². The minimum Gasteiger partial charge on any atom is -0.484 e. The third-order valence-corrected chi connectivity index (χ3v) is 3.68. The third kappa shape index (κ3) is 4.22. The van der Waals surface area contributed by atoms with Gasteiger partial charge in [0.15, 0.2) is 5.76 Å². The molecule has 9 heteroatoms. The summed E-state index contributed by atoms with van der Waals surface area (Å²) in [6.45, 7) is 0.264. The van der Waals surface area contributed by atoms with Gasteiger partial charge in [-0.15, -0.1) is 0 Å². The van der Waals surface area contributed by atoms with Crippen molar-refractivity contribution >= 4 is 23.2 Å². The van der Waals surface area contributed by atoms with E-state index in [0.717, 1.165) is 0 Å². The van der Waals surface area contributed by atoms with Crippen LogP contribution in [0.3, 0.4) is 0 Å². The maximum Gasteiger partial charge on any atom is 0.287 e.